The Morgan fingerprint density at radius 2 is 1.43 bits per heavy atom. The minimum absolute atomic E-state index is 0.0600. The molecule has 0 spiro atoms. The molecule has 3 aromatic rings. The second-order valence-corrected chi connectivity index (χ2v) is 11.2. The summed E-state index contributed by atoms with van der Waals surface area (Å²) in [4.78, 5) is 43.3. The summed E-state index contributed by atoms with van der Waals surface area (Å²) in [6.07, 6.45) is -0.857. The fourth-order valence-corrected chi connectivity index (χ4v) is 4.44. The summed E-state index contributed by atoms with van der Waals surface area (Å²) in [6.45, 7) is 6.95. The van der Waals surface area contributed by atoms with Gasteiger partial charge in [-0.2, -0.15) is 0 Å². The Kier molecular flexibility index (Phi) is 10.3. The van der Waals surface area contributed by atoms with Gasteiger partial charge in [0.1, 0.15) is 17.7 Å². The maximum absolute atomic E-state index is 14.1. The molecule has 3 amide bonds. The van der Waals surface area contributed by atoms with Crippen molar-refractivity contribution < 1.29 is 24.2 Å². The molecule has 2 N–H and O–H groups in total. The van der Waals surface area contributed by atoms with E-state index in [1.165, 1.54) is 9.80 Å². The van der Waals surface area contributed by atoms with Crippen molar-refractivity contribution in [3.05, 3.63) is 83.9 Å². The number of carbonyl (C=O) groups excluding carboxylic acids is 3. The van der Waals surface area contributed by atoms with Crippen LogP contribution >= 0.6 is 0 Å². The summed E-state index contributed by atoms with van der Waals surface area (Å²) in [5.41, 5.74) is 1.01. The molecular weight excluding hydrogens is 506 g/mol. The number of rotatable bonds is 10. The van der Waals surface area contributed by atoms with Crippen LogP contribution in [-0.2, 0) is 27.2 Å². The lowest BCUT2D eigenvalue weighted by molar-refractivity contribution is -0.142. The normalized spacial score (nSPS) is 13.7. The topological polar surface area (TPSA) is 99.2 Å². The Bertz CT molecular complexity index is 1300. The summed E-state index contributed by atoms with van der Waals surface area (Å²) in [6, 6.07) is 21.5. The summed E-state index contributed by atoms with van der Waals surface area (Å²) in [5, 5.41) is 14.6. The van der Waals surface area contributed by atoms with Crippen molar-refractivity contribution in [1.29, 1.82) is 0 Å². The Balaban J connectivity index is 1.95. The second-order valence-electron chi connectivity index (χ2n) is 11.2. The maximum Gasteiger partial charge on any atom is 0.410 e. The van der Waals surface area contributed by atoms with Gasteiger partial charge in [0.15, 0.2) is 0 Å². The zero-order valence-corrected chi connectivity index (χ0v) is 24.3. The highest BCUT2D eigenvalue weighted by molar-refractivity contribution is 5.92. The number of amides is 3. The Labute approximate surface area is 236 Å². The molecule has 0 radical (unpaired) electrons. The SMILES string of the molecule is C[C@@H](O)CNC(=O)[C@@H](Cc1ccccc1)N(C)C(=O)[C@@H](Cc1ccc2ccccc2c1)N(C)C(=O)OC(C)(C)C. The molecule has 0 saturated carbocycles. The fourth-order valence-electron chi connectivity index (χ4n) is 4.44. The first-order valence-corrected chi connectivity index (χ1v) is 13.6. The zero-order chi connectivity index (χ0) is 29.4. The van der Waals surface area contributed by atoms with Crippen LogP contribution in [0.3, 0.4) is 0 Å². The predicted molar refractivity (Wildman–Crippen MR) is 157 cm³/mol. The Hall–Kier alpha value is -3.91. The molecule has 0 unspecified atom stereocenters. The number of ether oxygens (including phenoxy) is 1. The third-order valence-electron chi connectivity index (χ3n) is 6.64. The van der Waals surface area contributed by atoms with Crippen molar-refractivity contribution in [2.45, 2.75) is 64.3 Å². The molecule has 0 bridgehead atoms. The number of fused-ring (bicyclic) bond motifs is 1. The first-order chi connectivity index (χ1) is 18.9. The van der Waals surface area contributed by atoms with Gasteiger partial charge in [0, 0.05) is 33.5 Å². The fraction of sp³-hybridized carbons (Fsp3) is 0.406. The van der Waals surface area contributed by atoms with Gasteiger partial charge in [0.2, 0.25) is 11.8 Å². The minimum Gasteiger partial charge on any atom is -0.444 e. The van der Waals surface area contributed by atoms with E-state index in [4.69, 9.17) is 4.74 Å². The third-order valence-corrected chi connectivity index (χ3v) is 6.64. The molecule has 0 fully saturated rings. The Morgan fingerprint density at radius 3 is 2.05 bits per heavy atom. The number of hydrogen-bond donors (Lipinski definition) is 2. The summed E-state index contributed by atoms with van der Waals surface area (Å²) < 4.78 is 5.60. The molecule has 3 atom stereocenters. The van der Waals surface area contributed by atoms with E-state index < -0.39 is 35.8 Å². The number of nitrogens with one attached hydrogen (secondary N) is 1. The first-order valence-electron chi connectivity index (χ1n) is 13.6. The number of aliphatic hydroxyl groups is 1. The van der Waals surface area contributed by atoms with Gasteiger partial charge in [0.05, 0.1) is 6.10 Å². The number of likely N-dealkylation sites (N-methyl/N-ethyl adjacent to an activating group) is 2. The lowest BCUT2D eigenvalue weighted by Crippen LogP contribution is -2.56. The number of aliphatic hydroxyl groups excluding tert-OH is 1. The molecule has 0 heterocycles. The molecule has 8 nitrogen and oxygen atoms in total. The second kappa shape index (κ2) is 13.4. The van der Waals surface area contributed by atoms with Gasteiger partial charge in [-0.05, 0) is 49.6 Å². The van der Waals surface area contributed by atoms with E-state index in [-0.39, 0.29) is 25.3 Å². The average molecular weight is 548 g/mol. The first kappa shape index (κ1) is 30.6. The van der Waals surface area contributed by atoms with Gasteiger partial charge < -0.3 is 20.1 Å². The van der Waals surface area contributed by atoms with E-state index in [9.17, 15) is 19.5 Å². The summed E-state index contributed by atoms with van der Waals surface area (Å²) in [5.74, 6) is -0.778. The standard InChI is InChI=1S/C32H41N3O5/c1-22(36)21-33-29(37)27(19-23-12-8-7-9-13-23)34(5)30(38)28(35(6)31(39)40-32(2,3)4)20-24-16-17-25-14-10-11-15-26(25)18-24/h7-18,22,27-28,36H,19-21H2,1-6H3,(H,33,37)/t22-,27-,28-/m1/s1. The molecular formula is C32H41N3O5. The summed E-state index contributed by atoms with van der Waals surface area (Å²) in [7, 11) is 3.12. The molecule has 214 valence electrons. The van der Waals surface area contributed by atoms with Crippen LogP contribution in [0.5, 0.6) is 0 Å². The molecule has 3 aromatic carbocycles. The predicted octanol–water partition coefficient (Wildman–Crippen LogP) is 4.18. The number of carbonyl (C=O) groups is 3. The maximum atomic E-state index is 14.1. The van der Waals surface area contributed by atoms with Gasteiger partial charge in [-0.3, -0.25) is 14.5 Å². The quantitative estimate of drug-likeness (QED) is 0.397. The molecule has 8 heteroatoms. The molecule has 3 rings (SSSR count). The van der Waals surface area contributed by atoms with Gasteiger partial charge in [-0.15, -0.1) is 0 Å². The average Bonchev–Trinajstić information content (AvgIpc) is 2.91. The van der Waals surface area contributed by atoms with E-state index in [2.05, 4.69) is 5.32 Å². The molecule has 0 saturated heterocycles. The largest absolute Gasteiger partial charge is 0.444 e. The third kappa shape index (κ3) is 8.55. The van der Waals surface area contributed by atoms with Crippen molar-refractivity contribution in [3.63, 3.8) is 0 Å². The van der Waals surface area contributed by atoms with Gasteiger partial charge in [0.25, 0.3) is 0 Å². The van der Waals surface area contributed by atoms with Gasteiger partial charge in [-0.1, -0.05) is 72.8 Å². The molecule has 0 aliphatic rings. The lowest BCUT2D eigenvalue weighted by atomic mass is 9.98. The van der Waals surface area contributed by atoms with Crippen LogP contribution in [0.25, 0.3) is 10.8 Å². The molecule has 40 heavy (non-hydrogen) atoms. The van der Waals surface area contributed by atoms with Crippen LogP contribution in [0.1, 0.15) is 38.8 Å². The van der Waals surface area contributed by atoms with E-state index in [0.717, 1.165) is 21.9 Å². The highest BCUT2D eigenvalue weighted by Crippen LogP contribution is 2.21. The van der Waals surface area contributed by atoms with Crippen molar-refractivity contribution in [3.8, 4) is 0 Å². The van der Waals surface area contributed by atoms with Crippen LogP contribution in [0.4, 0.5) is 4.79 Å². The van der Waals surface area contributed by atoms with Crippen molar-refractivity contribution in [1.82, 2.24) is 15.1 Å². The minimum atomic E-state index is -0.927. The van der Waals surface area contributed by atoms with Crippen LogP contribution in [0, 0.1) is 0 Å². The van der Waals surface area contributed by atoms with Crippen LogP contribution < -0.4 is 5.32 Å². The highest BCUT2D eigenvalue weighted by atomic mass is 16.6. The summed E-state index contributed by atoms with van der Waals surface area (Å²) >= 11 is 0. The van der Waals surface area contributed by atoms with E-state index in [1.807, 2.05) is 72.8 Å². The van der Waals surface area contributed by atoms with E-state index >= 15 is 0 Å². The highest BCUT2D eigenvalue weighted by Gasteiger charge is 2.36. The number of benzene rings is 3. The van der Waals surface area contributed by atoms with Crippen LogP contribution in [0.2, 0.25) is 0 Å². The number of nitrogens with zero attached hydrogens (tertiary/aromatic N) is 2. The molecule has 0 aliphatic carbocycles. The zero-order valence-electron chi connectivity index (χ0n) is 24.3. The van der Waals surface area contributed by atoms with Gasteiger partial charge >= 0.3 is 6.09 Å². The van der Waals surface area contributed by atoms with Crippen molar-refractivity contribution in [2.75, 3.05) is 20.6 Å². The molecule has 0 aromatic heterocycles. The Morgan fingerprint density at radius 1 is 0.825 bits per heavy atom. The monoisotopic (exact) mass is 547 g/mol. The molecule has 0 aliphatic heterocycles. The van der Waals surface area contributed by atoms with Crippen LogP contribution in [0.15, 0.2) is 72.8 Å². The lowest BCUT2D eigenvalue weighted by Gasteiger charge is -2.35. The smallest absolute Gasteiger partial charge is 0.410 e. The van der Waals surface area contributed by atoms with E-state index in [1.54, 1.807) is 41.8 Å². The van der Waals surface area contributed by atoms with E-state index in [0.29, 0.717) is 0 Å². The van der Waals surface area contributed by atoms with Crippen molar-refractivity contribution >= 4 is 28.7 Å². The van der Waals surface area contributed by atoms with Crippen LogP contribution in [-0.4, -0.2) is 77.2 Å². The van der Waals surface area contributed by atoms with Crippen molar-refractivity contribution in [2.24, 2.45) is 0 Å². The van der Waals surface area contributed by atoms with Gasteiger partial charge in [-0.25, -0.2) is 4.79 Å². The number of hydrogen-bond acceptors (Lipinski definition) is 5.